The van der Waals surface area contributed by atoms with E-state index in [0.29, 0.717) is 6.54 Å². The first-order chi connectivity index (χ1) is 10.1. The number of anilines is 1. The number of hydrogen-bond acceptors (Lipinski definition) is 5. The van der Waals surface area contributed by atoms with E-state index in [2.05, 4.69) is 10.2 Å². The molecule has 114 valence electrons. The van der Waals surface area contributed by atoms with Gasteiger partial charge in [0.15, 0.2) is 0 Å². The van der Waals surface area contributed by atoms with Crippen molar-refractivity contribution in [1.29, 1.82) is 0 Å². The summed E-state index contributed by atoms with van der Waals surface area (Å²) < 4.78 is 0. The lowest BCUT2D eigenvalue weighted by atomic mass is 10.1. The maximum atomic E-state index is 11.0. The highest BCUT2D eigenvalue weighted by atomic mass is 16.6. The van der Waals surface area contributed by atoms with Gasteiger partial charge in [0.25, 0.3) is 5.69 Å². The van der Waals surface area contributed by atoms with Crippen molar-refractivity contribution in [2.45, 2.75) is 19.3 Å². The summed E-state index contributed by atoms with van der Waals surface area (Å²) in [6.07, 6.45) is 3.34. The standard InChI is InChI=1S/C14H19N3O4/c18-14(19)11-4-5-13(17(20)21)12(10-11)15-6-3-9-16-7-1-2-8-16/h4-5,10,15H,1-3,6-9H2,(H,18,19). The van der Waals surface area contributed by atoms with Crippen LogP contribution in [0.5, 0.6) is 0 Å². The quantitative estimate of drug-likeness (QED) is 0.454. The zero-order valence-electron chi connectivity index (χ0n) is 11.7. The number of benzene rings is 1. The van der Waals surface area contributed by atoms with Crippen molar-refractivity contribution in [1.82, 2.24) is 4.90 Å². The largest absolute Gasteiger partial charge is 0.478 e. The lowest BCUT2D eigenvalue weighted by molar-refractivity contribution is -0.384. The molecule has 0 saturated carbocycles. The number of likely N-dealkylation sites (tertiary alicyclic amines) is 1. The molecule has 1 heterocycles. The van der Waals surface area contributed by atoms with E-state index in [9.17, 15) is 14.9 Å². The molecule has 0 bridgehead atoms. The van der Waals surface area contributed by atoms with E-state index in [4.69, 9.17) is 5.11 Å². The molecule has 0 aromatic heterocycles. The molecule has 1 aliphatic rings. The minimum absolute atomic E-state index is 0.0441. The van der Waals surface area contributed by atoms with Crippen molar-refractivity contribution in [3.8, 4) is 0 Å². The molecule has 0 amide bonds. The molecule has 0 radical (unpaired) electrons. The van der Waals surface area contributed by atoms with Crippen molar-refractivity contribution >= 4 is 17.3 Å². The molecule has 7 heteroatoms. The van der Waals surface area contributed by atoms with Crippen molar-refractivity contribution < 1.29 is 14.8 Å². The van der Waals surface area contributed by atoms with Gasteiger partial charge in [0.1, 0.15) is 5.69 Å². The minimum Gasteiger partial charge on any atom is -0.478 e. The van der Waals surface area contributed by atoms with Gasteiger partial charge in [-0.15, -0.1) is 0 Å². The average Bonchev–Trinajstić information content (AvgIpc) is 2.96. The maximum absolute atomic E-state index is 11.0. The molecule has 1 fully saturated rings. The smallest absolute Gasteiger partial charge is 0.335 e. The normalized spacial score (nSPS) is 15.0. The first-order valence-corrected chi connectivity index (χ1v) is 7.06. The Morgan fingerprint density at radius 3 is 2.71 bits per heavy atom. The molecule has 1 aromatic rings. The van der Waals surface area contributed by atoms with Gasteiger partial charge in [0.05, 0.1) is 10.5 Å². The summed E-state index contributed by atoms with van der Waals surface area (Å²) in [5.74, 6) is -1.09. The fraction of sp³-hybridized carbons (Fsp3) is 0.500. The molecule has 7 nitrogen and oxygen atoms in total. The Balaban J connectivity index is 1.94. The van der Waals surface area contributed by atoms with Crippen molar-refractivity contribution in [2.24, 2.45) is 0 Å². The molecular formula is C14H19N3O4. The van der Waals surface area contributed by atoms with Crippen LogP contribution in [-0.4, -0.2) is 47.1 Å². The summed E-state index contributed by atoms with van der Waals surface area (Å²) in [6.45, 7) is 3.78. The van der Waals surface area contributed by atoms with E-state index in [0.717, 1.165) is 26.1 Å². The van der Waals surface area contributed by atoms with Crippen LogP contribution in [0.2, 0.25) is 0 Å². The van der Waals surface area contributed by atoms with Gasteiger partial charge in [-0.2, -0.15) is 0 Å². The van der Waals surface area contributed by atoms with Gasteiger partial charge in [-0.1, -0.05) is 0 Å². The second kappa shape index (κ2) is 7.03. The van der Waals surface area contributed by atoms with Gasteiger partial charge in [0.2, 0.25) is 0 Å². The SMILES string of the molecule is O=C(O)c1ccc([N+](=O)[O-])c(NCCCN2CCCC2)c1. The zero-order valence-corrected chi connectivity index (χ0v) is 11.7. The van der Waals surface area contributed by atoms with Crippen molar-refractivity contribution in [3.05, 3.63) is 33.9 Å². The number of carboxylic acid groups (broad SMARTS) is 1. The highest BCUT2D eigenvalue weighted by Crippen LogP contribution is 2.25. The lowest BCUT2D eigenvalue weighted by Gasteiger charge is -2.14. The molecular weight excluding hydrogens is 274 g/mol. The third-order valence-electron chi connectivity index (χ3n) is 3.61. The van der Waals surface area contributed by atoms with Crippen LogP contribution in [0.15, 0.2) is 18.2 Å². The molecule has 21 heavy (non-hydrogen) atoms. The summed E-state index contributed by atoms with van der Waals surface area (Å²) in [5.41, 5.74) is 0.213. The van der Waals surface area contributed by atoms with E-state index < -0.39 is 10.9 Å². The monoisotopic (exact) mass is 293 g/mol. The first-order valence-electron chi connectivity index (χ1n) is 7.06. The molecule has 0 unspecified atom stereocenters. The summed E-state index contributed by atoms with van der Waals surface area (Å²) in [5, 5.41) is 22.9. The number of nitrogens with one attached hydrogen (secondary N) is 1. The molecule has 1 aromatic carbocycles. The predicted octanol–water partition coefficient (Wildman–Crippen LogP) is 2.19. The Labute approximate surface area is 122 Å². The Bertz CT molecular complexity index is 527. The lowest BCUT2D eigenvalue weighted by Crippen LogP contribution is -2.22. The van der Waals surface area contributed by atoms with Crippen LogP contribution in [0.3, 0.4) is 0 Å². The van der Waals surface area contributed by atoms with E-state index in [1.165, 1.54) is 31.0 Å². The second-order valence-corrected chi connectivity index (χ2v) is 5.12. The van der Waals surface area contributed by atoms with E-state index in [1.54, 1.807) is 0 Å². The van der Waals surface area contributed by atoms with Gasteiger partial charge in [-0.3, -0.25) is 10.1 Å². The second-order valence-electron chi connectivity index (χ2n) is 5.12. The van der Waals surface area contributed by atoms with Gasteiger partial charge < -0.3 is 15.3 Å². The van der Waals surface area contributed by atoms with Crippen LogP contribution in [0.25, 0.3) is 0 Å². The summed E-state index contributed by atoms with van der Waals surface area (Å²) in [7, 11) is 0. The molecule has 0 aliphatic carbocycles. The zero-order chi connectivity index (χ0) is 15.2. The summed E-state index contributed by atoms with van der Waals surface area (Å²) in [6, 6.07) is 3.79. The molecule has 1 saturated heterocycles. The highest BCUT2D eigenvalue weighted by molar-refractivity contribution is 5.90. The highest BCUT2D eigenvalue weighted by Gasteiger charge is 2.16. The fourth-order valence-electron chi connectivity index (χ4n) is 2.50. The van der Waals surface area contributed by atoms with Crippen LogP contribution in [0.4, 0.5) is 11.4 Å². The van der Waals surface area contributed by atoms with Crippen LogP contribution >= 0.6 is 0 Å². The van der Waals surface area contributed by atoms with E-state index in [1.807, 2.05) is 0 Å². The number of hydrogen-bond donors (Lipinski definition) is 2. The van der Waals surface area contributed by atoms with Gasteiger partial charge in [-0.25, -0.2) is 4.79 Å². The molecule has 1 aliphatic heterocycles. The minimum atomic E-state index is -1.09. The fourth-order valence-corrected chi connectivity index (χ4v) is 2.50. The number of rotatable bonds is 7. The number of carbonyl (C=O) groups is 1. The summed E-state index contributed by atoms with van der Waals surface area (Å²) in [4.78, 5) is 23.7. The number of nitro benzene ring substituents is 1. The molecule has 2 N–H and O–H groups in total. The van der Waals surface area contributed by atoms with Gasteiger partial charge >= 0.3 is 5.97 Å². The van der Waals surface area contributed by atoms with Crippen LogP contribution in [0, 0.1) is 10.1 Å². The number of nitrogens with zero attached hydrogens (tertiary/aromatic N) is 2. The Kier molecular flexibility index (Phi) is 5.10. The summed E-state index contributed by atoms with van der Waals surface area (Å²) >= 11 is 0. The Morgan fingerprint density at radius 2 is 2.10 bits per heavy atom. The van der Waals surface area contributed by atoms with Crippen LogP contribution in [0.1, 0.15) is 29.6 Å². The average molecular weight is 293 g/mol. The molecule has 0 atom stereocenters. The number of carboxylic acids is 1. The molecule has 2 rings (SSSR count). The van der Waals surface area contributed by atoms with E-state index >= 15 is 0 Å². The van der Waals surface area contributed by atoms with Crippen molar-refractivity contribution in [2.75, 3.05) is 31.5 Å². The van der Waals surface area contributed by atoms with Crippen LogP contribution < -0.4 is 5.32 Å². The van der Waals surface area contributed by atoms with Gasteiger partial charge in [0, 0.05) is 12.6 Å². The number of nitro groups is 1. The van der Waals surface area contributed by atoms with Crippen molar-refractivity contribution in [3.63, 3.8) is 0 Å². The Hall–Kier alpha value is -2.15. The van der Waals surface area contributed by atoms with Crippen LogP contribution in [-0.2, 0) is 0 Å². The Morgan fingerprint density at radius 1 is 1.38 bits per heavy atom. The topological polar surface area (TPSA) is 95.7 Å². The number of aromatic carboxylic acids is 1. The molecule has 0 spiro atoms. The third kappa shape index (κ3) is 4.16. The third-order valence-corrected chi connectivity index (χ3v) is 3.61. The maximum Gasteiger partial charge on any atom is 0.335 e. The predicted molar refractivity (Wildman–Crippen MR) is 78.8 cm³/mol. The van der Waals surface area contributed by atoms with E-state index in [-0.39, 0.29) is 16.9 Å². The first kappa shape index (κ1) is 15.2. The van der Waals surface area contributed by atoms with Gasteiger partial charge in [-0.05, 0) is 51.0 Å².